The van der Waals surface area contributed by atoms with Crippen molar-refractivity contribution in [2.24, 2.45) is 17.3 Å². The second-order valence-corrected chi connectivity index (χ2v) is 7.09. The molecule has 1 N–H and O–H groups in total. The minimum atomic E-state index is -0.955. The Kier molecular flexibility index (Phi) is 7.20. The first kappa shape index (κ1) is 20.4. The molecule has 0 aromatic rings. The molecule has 0 saturated carbocycles. The summed E-state index contributed by atoms with van der Waals surface area (Å²) in [6.45, 7) is 9.85. The molecule has 0 unspecified atom stereocenters. The summed E-state index contributed by atoms with van der Waals surface area (Å²) in [5, 5.41) is 3.10. The summed E-state index contributed by atoms with van der Waals surface area (Å²) in [6.07, 6.45) is 0.597. The van der Waals surface area contributed by atoms with Gasteiger partial charge in [0.2, 0.25) is 0 Å². The lowest BCUT2D eigenvalue weighted by atomic mass is 9.80. The van der Waals surface area contributed by atoms with Crippen LogP contribution in [0, 0.1) is 17.3 Å². The fraction of sp³-hybridized carbons (Fsp3) is 0.824. The van der Waals surface area contributed by atoms with Gasteiger partial charge < -0.3 is 14.2 Å². The van der Waals surface area contributed by atoms with Crippen LogP contribution in [0.25, 0.3) is 0 Å². The Bertz CT molecular complexity index is 470. The first-order valence-corrected chi connectivity index (χ1v) is 8.33. The molecule has 1 rings (SSSR count). The second-order valence-electron chi connectivity index (χ2n) is 7.09. The summed E-state index contributed by atoms with van der Waals surface area (Å²) in [5.41, 5.74) is -0.105. The smallest absolute Gasteiger partial charge is 0.323 e. The number of hydrogen-bond acceptors (Lipinski definition) is 7. The average Bonchev–Trinajstić information content (AvgIpc) is 2.84. The molecule has 0 aromatic heterocycles. The summed E-state index contributed by atoms with van der Waals surface area (Å²) in [6, 6.07) is -1.29. The van der Waals surface area contributed by atoms with Gasteiger partial charge in [-0.25, -0.2) is 0 Å². The van der Waals surface area contributed by atoms with Gasteiger partial charge in [-0.1, -0.05) is 20.8 Å². The Morgan fingerprint density at radius 1 is 0.917 bits per heavy atom. The summed E-state index contributed by atoms with van der Waals surface area (Å²) in [7, 11) is 1.25. The Morgan fingerprint density at radius 3 is 1.83 bits per heavy atom. The van der Waals surface area contributed by atoms with Crippen molar-refractivity contribution < 1.29 is 28.6 Å². The van der Waals surface area contributed by atoms with Crippen LogP contribution in [-0.4, -0.2) is 50.3 Å². The van der Waals surface area contributed by atoms with Crippen molar-refractivity contribution in [3.8, 4) is 0 Å². The number of carbonyl (C=O) groups excluding carboxylic acids is 3. The fourth-order valence-corrected chi connectivity index (χ4v) is 3.15. The van der Waals surface area contributed by atoms with Crippen molar-refractivity contribution in [1.82, 2.24) is 5.32 Å². The normalized spacial score (nSPS) is 26.8. The maximum Gasteiger partial charge on any atom is 0.323 e. The zero-order valence-electron chi connectivity index (χ0n) is 15.4. The summed E-state index contributed by atoms with van der Waals surface area (Å²) in [4.78, 5) is 37.0. The van der Waals surface area contributed by atoms with Gasteiger partial charge in [-0.3, -0.25) is 19.7 Å². The van der Waals surface area contributed by atoms with Gasteiger partial charge in [-0.05, 0) is 25.7 Å². The minimum absolute atomic E-state index is 0.105. The van der Waals surface area contributed by atoms with Crippen LogP contribution in [0.5, 0.6) is 0 Å². The van der Waals surface area contributed by atoms with Crippen molar-refractivity contribution in [1.29, 1.82) is 0 Å². The molecule has 7 nitrogen and oxygen atoms in total. The largest absolute Gasteiger partial charge is 0.468 e. The molecular weight excluding hydrogens is 314 g/mol. The van der Waals surface area contributed by atoms with E-state index in [1.165, 1.54) is 7.11 Å². The molecule has 0 amide bonds. The minimum Gasteiger partial charge on any atom is -0.468 e. The number of methoxy groups -OCH3 is 1. The van der Waals surface area contributed by atoms with Crippen LogP contribution >= 0.6 is 0 Å². The van der Waals surface area contributed by atoms with E-state index in [-0.39, 0.29) is 24.7 Å². The molecule has 24 heavy (non-hydrogen) atoms. The molecule has 0 radical (unpaired) electrons. The zero-order valence-corrected chi connectivity index (χ0v) is 15.4. The molecule has 0 spiro atoms. The van der Waals surface area contributed by atoms with Gasteiger partial charge >= 0.3 is 17.9 Å². The van der Waals surface area contributed by atoms with Crippen molar-refractivity contribution in [3.05, 3.63) is 0 Å². The number of carbonyl (C=O) groups is 3. The van der Waals surface area contributed by atoms with E-state index in [0.29, 0.717) is 6.42 Å². The van der Waals surface area contributed by atoms with E-state index in [9.17, 15) is 14.4 Å². The van der Waals surface area contributed by atoms with E-state index in [2.05, 4.69) is 5.32 Å². The third-order valence-electron chi connectivity index (χ3n) is 3.98. The third kappa shape index (κ3) is 4.93. The van der Waals surface area contributed by atoms with Crippen LogP contribution in [0.1, 0.15) is 41.0 Å². The highest BCUT2D eigenvalue weighted by atomic mass is 16.5. The maximum atomic E-state index is 12.5. The predicted molar refractivity (Wildman–Crippen MR) is 87.0 cm³/mol. The van der Waals surface area contributed by atoms with E-state index >= 15 is 0 Å². The van der Waals surface area contributed by atoms with Crippen LogP contribution in [0.3, 0.4) is 0 Å². The van der Waals surface area contributed by atoms with Crippen LogP contribution < -0.4 is 5.32 Å². The van der Waals surface area contributed by atoms with Gasteiger partial charge in [0.05, 0.1) is 32.2 Å². The quantitative estimate of drug-likeness (QED) is 0.574. The number of ether oxygens (including phenoxy) is 3. The fourth-order valence-electron chi connectivity index (χ4n) is 3.15. The Hall–Kier alpha value is -1.63. The molecule has 1 aliphatic heterocycles. The van der Waals surface area contributed by atoms with Crippen molar-refractivity contribution in [3.63, 3.8) is 0 Å². The first-order valence-electron chi connectivity index (χ1n) is 8.33. The number of esters is 3. The van der Waals surface area contributed by atoms with Crippen LogP contribution in [0.2, 0.25) is 0 Å². The Balaban J connectivity index is 3.22. The van der Waals surface area contributed by atoms with Crippen molar-refractivity contribution >= 4 is 17.9 Å². The molecule has 1 saturated heterocycles. The van der Waals surface area contributed by atoms with Gasteiger partial charge in [0.25, 0.3) is 0 Å². The average molecular weight is 343 g/mol. The molecule has 4 atom stereocenters. The standard InChI is InChI=1S/C17H29NO6/c1-7-23-14(19)11-10(9-17(3,4)5)18-13(16(21)22-6)12(11)15(20)24-8-2/h10-13,18H,7-9H2,1-6H3/t10-,11+,12+,13-/m1/s1. The summed E-state index contributed by atoms with van der Waals surface area (Å²) >= 11 is 0. The van der Waals surface area contributed by atoms with E-state index in [1.54, 1.807) is 13.8 Å². The molecule has 138 valence electrons. The highest BCUT2D eigenvalue weighted by Gasteiger charge is 2.55. The number of rotatable bonds is 6. The van der Waals surface area contributed by atoms with E-state index in [1.807, 2.05) is 20.8 Å². The van der Waals surface area contributed by atoms with Crippen LogP contribution in [0.4, 0.5) is 0 Å². The zero-order chi connectivity index (χ0) is 18.5. The lowest BCUT2D eigenvalue weighted by molar-refractivity contribution is -0.162. The molecule has 1 aliphatic rings. The van der Waals surface area contributed by atoms with Crippen molar-refractivity contribution in [2.45, 2.75) is 53.1 Å². The topological polar surface area (TPSA) is 90.9 Å². The van der Waals surface area contributed by atoms with E-state index in [4.69, 9.17) is 14.2 Å². The lowest BCUT2D eigenvalue weighted by Crippen LogP contribution is -2.42. The summed E-state index contributed by atoms with van der Waals surface area (Å²) < 4.78 is 15.0. The maximum absolute atomic E-state index is 12.5. The second kappa shape index (κ2) is 8.46. The van der Waals surface area contributed by atoms with Gasteiger partial charge in [0.15, 0.2) is 0 Å². The molecular formula is C17H29NO6. The Labute approximate surface area is 143 Å². The predicted octanol–water partition coefficient (Wildman–Crippen LogP) is 1.29. The van der Waals surface area contributed by atoms with Crippen molar-refractivity contribution in [2.75, 3.05) is 20.3 Å². The first-order chi connectivity index (χ1) is 11.2. The lowest BCUT2D eigenvalue weighted by Gasteiger charge is -2.27. The van der Waals surface area contributed by atoms with Gasteiger partial charge in [0.1, 0.15) is 6.04 Å². The van der Waals surface area contributed by atoms with E-state index < -0.39 is 35.8 Å². The molecule has 0 bridgehead atoms. The molecule has 1 fully saturated rings. The highest BCUT2D eigenvalue weighted by Crippen LogP contribution is 2.36. The van der Waals surface area contributed by atoms with Gasteiger partial charge in [-0.2, -0.15) is 0 Å². The SMILES string of the molecule is CCOC(=O)[C@@H]1[C@H](C(=O)OCC)[C@H](C(=O)OC)N[C@@H]1CC(C)(C)C. The molecule has 0 aromatic carbocycles. The number of hydrogen-bond donors (Lipinski definition) is 1. The van der Waals surface area contributed by atoms with Gasteiger partial charge in [-0.15, -0.1) is 0 Å². The molecule has 7 heteroatoms. The highest BCUT2D eigenvalue weighted by molar-refractivity contribution is 5.91. The van der Waals surface area contributed by atoms with Crippen LogP contribution in [0.15, 0.2) is 0 Å². The van der Waals surface area contributed by atoms with Gasteiger partial charge in [0, 0.05) is 6.04 Å². The number of nitrogens with one attached hydrogen (secondary N) is 1. The summed E-state index contributed by atoms with van der Waals surface area (Å²) in [5.74, 6) is -3.41. The third-order valence-corrected chi connectivity index (χ3v) is 3.98. The monoisotopic (exact) mass is 343 g/mol. The molecule has 0 aliphatic carbocycles. The van der Waals surface area contributed by atoms with Crippen LogP contribution in [-0.2, 0) is 28.6 Å². The Morgan fingerprint density at radius 2 is 1.42 bits per heavy atom. The van der Waals surface area contributed by atoms with E-state index in [0.717, 1.165) is 0 Å². The molecule has 1 heterocycles.